The Bertz CT molecular complexity index is 100. The smallest absolute Gasteiger partial charge is 0.208 e. The van der Waals surface area contributed by atoms with Crippen LogP contribution in [0.2, 0.25) is 0 Å². The Morgan fingerprint density at radius 3 is 1.91 bits per heavy atom. The van der Waals surface area contributed by atoms with Crippen LogP contribution >= 0.6 is 11.6 Å². The fraction of sp³-hybridized carbons (Fsp3) is 0.875. The van der Waals surface area contributed by atoms with Crippen LogP contribution < -0.4 is 5.32 Å². The lowest BCUT2D eigenvalue weighted by molar-refractivity contribution is 0.352. The van der Waals surface area contributed by atoms with Crippen LogP contribution in [0.4, 0.5) is 0 Å². The summed E-state index contributed by atoms with van der Waals surface area (Å²) < 4.78 is 0. The van der Waals surface area contributed by atoms with Crippen LogP contribution in [0.1, 0.15) is 33.1 Å². The van der Waals surface area contributed by atoms with Gasteiger partial charge in [-0.05, 0) is 38.3 Å². The molecule has 0 aliphatic carbocycles. The number of hydrogen-bond donors (Lipinski definition) is 1. The Labute approximate surface area is 73.3 Å². The second-order valence-corrected chi connectivity index (χ2v) is 3.17. The summed E-state index contributed by atoms with van der Waals surface area (Å²) >= 11 is 4.32. The zero-order chi connectivity index (χ0) is 8.69. The van der Waals surface area contributed by atoms with E-state index < -0.39 is 0 Å². The summed E-state index contributed by atoms with van der Waals surface area (Å²) in [7, 11) is 0. The van der Waals surface area contributed by atoms with E-state index in [0.29, 0.717) is 0 Å². The Balaban J connectivity index is 0.000000292. The minimum absolute atomic E-state index is 0.222. The Morgan fingerprint density at radius 1 is 1.36 bits per heavy atom. The largest absolute Gasteiger partial charge is 0.312 e. The first kappa shape index (κ1) is 10.9. The summed E-state index contributed by atoms with van der Waals surface area (Å²) in [5, 5.41) is 3.48. The van der Waals surface area contributed by atoms with Crippen molar-refractivity contribution in [2.75, 3.05) is 0 Å². The number of carbonyl (C=O) groups excluding carboxylic acids is 1. The van der Waals surface area contributed by atoms with Crippen LogP contribution in [0, 0.1) is 0 Å². The first-order valence-electron chi connectivity index (χ1n) is 4.00. The summed E-state index contributed by atoms with van der Waals surface area (Å²) in [5.74, 6) is 0.222. The molecule has 2 unspecified atom stereocenters. The molecule has 66 valence electrons. The van der Waals surface area contributed by atoms with E-state index in [-0.39, 0.29) is 5.75 Å². The van der Waals surface area contributed by atoms with E-state index in [9.17, 15) is 0 Å². The molecule has 1 aliphatic rings. The fourth-order valence-corrected chi connectivity index (χ4v) is 1.38. The second-order valence-electron chi connectivity index (χ2n) is 2.99. The predicted octanol–water partition coefficient (Wildman–Crippen LogP) is 1.95. The maximum Gasteiger partial charge on any atom is 0.208 e. The first-order chi connectivity index (χ1) is 5.20. The van der Waals surface area contributed by atoms with Gasteiger partial charge in [-0.2, -0.15) is 0 Å². The Kier molecular flexibility index (Phi) is 6.57. The van der Waals surface area contributed by atoms with Crippen molar-refractivity contribution in [3.8, 4) is 0 Å². The van der Waals surface area contributed by atoms with Crippen molar-refractivity contribution in [2.45, 2.75) is 45.2 Å². The molecular weight excluding hydrogens is 162 g/mol. The fourth-order valence-electron chi connectivity index (χ4n) is 1.38. The topological polar surface area (TPSA) is 29.1 Å². The third-order valence-electron chi connectivity index (χ3n) is 1.84. The third kappa shape index (κ3) is 6.32. The monoisotopic (exact) mass is 177 g/mol. The molecule has 1 saturated heterocycles. The van der Waals surface area contributed by atoms with Gasteiger partial charge in [0.15, 0.2) is 0 Å². The molecule has 0 aromatic rings. The molecule has 1 fully saturated rings. The average molecular weight is 178 g/mol. The molecular formula is C8H16ClNO. The highest BCUT2D eigenvalue weighted by molar-refractivity contribution is 6.54. The van der Waals surface area contributed by atoms with E-state index in [1.54, 1.807) is 0 Å². The van der Waals surface area contributed by atoms with Gasteiger partial charge in [0, 0.05) is 12.1 Å². The quantitative estimate of drug-likeness (QED) is 0.453. The molecule has 0 radical (unpaired) electrons. The summed E-state index contributed by atoms with van der Waals surface area (Å²) in [6.07, 6.45) is 4.14. The summed E-state index contributed by atoms with van der Waals surface area (Å²) in [5.41, 5.74) is 0. The highest BCUT2D eigenvalue weighted by Gasteiger charge is 2.11. The molecule has 0 aromatic carbocycles. The van der Waals surface area contributed by atoms with Crippen LogP contribution in [0.3, 0.4) is 0 Å². The lowest BCUT2D eigenvalue weighted by atomic mass is 10.0. The molecule has 11 heavy (non-hydrogen) atoms. The molecule has 0 spiro atoms. The van der Waals surface area contributed by atoms with Gasteiger partial charge in [0.05, 0.1) is 0 Å². The minimum atomic E-state index is 0.222. The van der Waals surface area contributed by atoms with Crippen molar-refractivity contribution in [2.24, 2.45) is 0 Å². The SMILES string of the molecule is CC1CCCC(C)N1.O=CCl. The van der Waals surface area contributed by atoms with E-state index >= 15 is 0 Å². The summed E-state index contributed by atoms with van der Waals surface area (Å²) in [6.45, 7) is 4.52. The van der Waals surface area contributed by atoms with E-state index in [2.05, 4.69) is 30.8 Å². The number of halogens is 1. The zero-order valence-corrected chi connectivity index (χ0v) is 7.90. The molecule has 2 atom stereocenters. The van der Waals surface area contributed by atoms with Crippen molar-refractivity contribution in [3.05, 3.63) is 0 Å². The average Bonchev–Trinajstić information content (AvgIpc) is 1.88. The molecule has 2 nitrogen and oxygen atoms in total. The Hall–Kier alpha value is -0.0800. The maximum absolute atomic E-state index is 8.57. The highest BCUT2D eigenvalue weighted by Crippen LogP contribution is 2.10. The van der Waals surface area contributed by atoms with Crippen LogP contribution in [-0.2, 0) is 4.79 Å². The second kappa shape index (κ2) is 6.62. The molecule has 0 saturated carbocycles. The van der Waals surface area contributed by atoms with Crippen LogP contribution in [0.25, 0.3) is 0 Å². The molecule has 0 amide bonds. The van der Waals surface area contributed by atoms with E-state index in [0.717, 1.165) is 12.1 Å². The molecule has 1 rings (SSSR count). The zero-order valence-electron chi connectivity index (χ0n) is 7.14. The van der Waals surface area contributed by atoms with Crippen molar-refractivity contribution >= 4 is 17.3 Å². The first-order valence-corrected chi connectivity index (χ1v) is 4.44. The van der Waals surface area contributed by atoms with Gasteiger partial charge >= 0.3 is 0 Å². The number of hydrogen-bond acceptors (Lipinski definition) is 2. The van der Waals surface area contributed by atoms with E-state index in [1.807, 2.05) is 0 Å². The van der Waals surface area contributed by atoms with Gasteiger partial charge in [-0.25, -0.2) is 0 Å². The number of carbonyl (C=O) groups is 1. The number of piperidine rings is 1. The van der Waals surface area contributed by atoms with Gasteiger partial charge in [0.25, 0.3) is 0 Å². The van der Waals surface area contributed by atoms with Gasteiger partial charge in [-0.15, -0.1) is 0 Å². The normalized spacial score (nSPS) is 30.1. The third-order valence-corrected chi connectivity index (χ3v) is 1.84. The Morgan fingerprint density at radius 2 is 1.73 bits per heavy atom. The molecule has 1 aliphatic heterocycles. The lowest BCUT2D eigenvalue weighted by Crippen LogP contribution is -2.38. The maximum atomic E-state index is 8.57. The van der Waals surface area contributed by atoms with Crippen molar-refractivity contribution in [1.29, 1.82) is 0 Å². The molecule has 1 heterocycles. The standard InChI is InChI=1S/C7H15N.CHClO/c1-6-4-3-5-7(2)8-6;2-1-3/h6-8H,3-5H2,1-2H3;1H. The number of nitrogens with one attached hydrogen (secondary N) is 1. The minimum Gasteiger partial charge on any atom is -0.312 e. The molecule has 0 aromatic heterocycles. The molecule has 1 N–H and O–H groups in total. The van der Waals surface area contributed by atoms with Gasteiger partial charge in [0.2, 0.25) is 5.75 Å². The van der Waals surface area contributed by atoms with Gasteiger partial charge in [-0.1, -0.05) is 6.42 Å². The van der Waals surface area contributed by atoms with Crippen molar-refractivity contribution in [1.82, 2.24) is 5.32 Å². The van der Waals surface area contributed by atoms with E-state index in [4.69, 9.17) is 4.79 Å². The van der Waals surface area contributed by atoms with Crippen LogP contribution in [0.15, 0.2) is 0 Å². The summed E-state index contributed by atoms with van der Waals surface area (Å²) in [6, 6.07) is 1.53. The van der Waals surface area contributed by atoms with Crippen molar-refractivity contribution in [3.63, 3.8) is 0 Å². The number of rotatable bonds is 0. The molecule has 3 heteroatoms. The lowest BCUT2D eigenvalue weighted by Gasteiger charge is -2.25. The van der Waals surface area contributed by atoms with Gasteiger partial charge in [-0.3, -0.25) is 4.79 Å². The highest BCUT2D eigenvalue weighted by atomic mass is 35.5. The van der Waals surface area contributed by atoms with E-state index in [1.165, 1.54) is 19.3 Å². The van der Waals surface area contributed by atoms with Crippen LogP contribution in [0.5, 0.6) is 0 Å². The molecule has 0 bridgehead atoms. The van der Waals surface area contributed by atoms with Gasteiger partial charge in [0.1, 0.15) is 0 Å². The van der Waals surface area contributed by atoms with Gasteiger partial charge < -0.3 is 5.32 Å². The predicted molar refractivity (Wildman–Crippen MR) is 48.5 cm³/mol. The summed E-state index contributed by atoms with van der Waals surface area (Å²) in [4.78, 5) is 8.57. The van der Waals surface area contributed by atoms with Crippen LogP contribution in [-0.4, -0.2) is 17.8 Å². The van der Waals surface area contributed by atoms with Crippen molar-refractivity contribution < 1.29 is 4.79 Å².